The molecule has 0 aliphatic rings. The van der Waals surface area contributed by atoms with Crippen molar-refractivity contribution in [2.75, 3.05) is 18.2 Å². The first-order chi connectivity index (χ1) is 13.5. The topological polar surface area (TPSA) is 120 Å². The van der Waals surface area contributed by atoms with E-state index in [2.05, 4.69) is 15.5 Å². The largest absolute Gasteiger partial charge is 0.495 e. The first kappa shape index (κ1) is 19.6. The molecule has 2 aromatic carbocycles. The van der Waals surface area contributed by atoms with Crippen LogP contribution in [0.2, 0.25) is 5.02 Å². The Hall–Kier alpha value is -3.11. The second-order valence-electron chi connectivity index (χ2n) is 5.33. The monoisotopic (exact) mass is 420 g/mol. The van der Waals surface area contributed by atoms with Gasteiger partial charge in [-0.25, -0.2) is 0 Å². The number of anilines is 1. The van der Waals surface area contributed by atoms with Crippen LogP contribution in [0.5, 0.6) is 5.75 Å². The lowest BCUT2D eigenvalue weighted by molar-refractivity contribution is -0.384. The summed E-state index contributed by atoms with van der Waals surface area (Å²) >= 11 is 6.93. The maximum atomic E-state index is 12.2. The number of aromatic nitrogens is 2. The minimum atomic E-state index is -0.530. The Labute approximate surface area is 168 Å². The van der Waals surface area contributed by atoms with Gasteiger partial charge in [0.15, 0.2) is 0 Å². The van der Waals surface area contributed by atoms with E-state index in [1.807, 2.05) is 0 Å². The molecule has 0 unspecified atom stereocenters. The molecule has 0 saturated heterocycles. The average Bonchev–Trinajstić information content (AvgIpc) is 3.15. The van der Waals surface area contributed by atoms with E-state index in [4.69, 9.17) is 20.8 Å². The molecule has 0 radical (unpaired) electrons. The molecule has 28 heavy (non-hydrogen) atoms. The van der Waals surface area contributed by atoms with Crippen molar-refractivity contribution in [1.82, 2.24) is 10.2 Å². The Morgan fingerprint density at radius 1 is 1.32 bits per heavy atom. The smallest absolute Gasteiger partial charge is 0.282 e. The summed E-state index contributed by atoms with van der Waals surface area (Å²) in [6.45, 7) is 0. The number of hydrogen-bond acceptors (Lipinski definition) is 8. The molecule has 11 heteroatoms. The van der Waals surface area contributed by atoms with Crippen molar-refractivity contribution in [2.45, 2.75) is 5.22 Å². The molecule has 3 rings (SSSR count). The highest BCUT2D eigenvalue weighted by molar-refractivity contribution is 7.99. The van der Waals surface area contributed by atoms with Gasteiger partial charge in [0, 0.05) is 11.1 Å². The molecule has 3 aromatic rings. The minimum absolute atomic E-state index is 0.00622. The number of methoxy groups -OCH3 is 1. The Balaban J connectivity index is 1.66. The molecule has 0 atom stereocenters. The quantitative estimate of drug-likeness (QED) is 0.345. The Bertz CT molecular complexity index is 1030. The highest BCUT2D eigenvalue weighted by Crippen LogP contribution is 2.31. The number of nitrogens with one attached hydrogen (secondary N) is 1. The van der Waals surface area contributed by atoms with Gasteiger partial charge in [0.05, 0.1) is 23.5 Å². The lowest BCUT2D eigenvalue weighted by Gasteiger charge is -2.09. The van der Waals surface area contributed by atoms with Crippen LogP contribution in [0.3, 0.4) is 0 Å². The number of nitro benzene ring substituents is 1. The van der Waals surface area contributed by atoms with Gasteiger partial charge in [0.1, 0.15) is 11.3 Å². The summed E-state index contributed by atoms with van der Waals surface area (Å²) in [4.78, 5) is 22.8. The third-order valence-electron chi connectivity index (χ3n) is 3.50. The zero-order valence-corrected chi connectivity index (χ0v) is 16.0. The van der Waals surface area contributed by atoms with E-state index in [9.17, 15) is 14.9 Å². The number of hydrogen-bond donors (Lipinski definition) is 1. The van der Waals surface area contributed by atoms with Gasteiger partial charge in [-0.1, -0.05) is 35.5 Å². The SMILES string of the molecule is COc1ccc(Cl)cc1NC(=O)CSc1nnc(-c2ccccc2[N+](=O)[O-])o1. The third kappa shape index (κ3) is 4.59. The van der Waals surface area contributed by atoms with E-state index < -0.39 is 4.92 Å². The van der Waals surface area contributed by atoms with E-state index in [1.165, 1.54) is 19.2 Å². The number of carbonyl (C=O) groups is 1. The van der Waals surface area contributed by atoms with Crippen LogP contribution in [0.15, 0.2) is 52.1 Å². The van der Waals surface area contributed by atoms with Gasteiger partial charge in [0.2, 0.25) is 5.91 Å². The van der Waals surface area contributed by atoms with Crippen LogP contribution in [0.1, 0.15) is 0 Å². The van der Waals surface area contributed by atoms with Gasteiger partial charge in [-0.15, -0.1) is 10.2 Å². The van der Waals surface area contributed by atoms with Crippen molar-refractivity contribution in [3.8, 4) is 17.2 Å². The molecule has 1 amide bonds. The van der Waals surface area contributed by atoms with Crippen LogP contribution in [0.4, 0.5) is 11.4 Å². The predicted molar refractivity (Wildman–Crippen MR) is 104 cm³/mol. The fourth-order valence-corrected chi connectivity index (χ4v) is 3.02. The van der Waals surface area contributed by atoms with Crippen LogP contribution in [0, 0.1) is 10.1 Å². The third-order valence-corrected chi connectivity index (χ3v) is 4.55. The van der Waals surface area contributed by atoms with Crippen LogP contribution < -0.4 is 10.1 Å². The molecule has 0 saturated carbocycles. The fourth-order valence-electron chi connectivity index (χ4n) is 2.28. The molecule has 0 aliphatic heterocycles. The number of halogens is 1. The summed E-state index contributed by atoms with van der Waals surface area (Å²) < 4.78 is 10.6. The van der Waals surface area contributed by atoms with Crippen molar-refractivity contribution in [3.63, 3.8) is 0 Å². The second kappa shape index (κ2) is 8.72. The molecular weight excluding hydrogens is 408 g/mol. The van der Waals surface area contributed by atoms with Crippen LogP contribution >= 0.6 is 23.4 Å². The average molecular weight is 421 g/mol. The summed E-state index contributed by atoms with van der Waals surface area (Å²) in [5.74, 6) is 0.121. The summed E-state index contributed by atoms with van der Waals surface area (Å²) in [5, 5.41) is 22.0. The number of carbonyl (C=O) groups excluding carboxylic acids is 1. The van der Waals surface area contributed by atoms with Gasteiger partial charge < -0.3 is 14.5 Å². The normalized spacial score (nSPS) is 10.5. The van der Waals surface area contributed by atoms with E-state index in [-0.39, 0.29) is 34.0 Å². The van der Waals surface area contributed by atoms with E-state index in [0.29, 0.717) is 16.5 Å². The fraction of sp³-hybridized carbons (Fsp3) is 0.118. The Morgan fingerprint density at radius 2 is 2.11 bits per heavy atom. The zero-order chi connectivity index (χ0) is 20.1. The standard InChI is InChI=1S/C17H13ClN4O5S/c1-26-14-7-6-10(18)8-12(14)19-15(23)9-28-17-21-20-16(27-17)11-4-2-3-5-13(11)22(24)25/h2-8H,9H2,1H3,(H,19,23). The van der Waals surface area contributed by atoms with Crippen molar-refractivity contribution < 1.29 is 18.9 Å². The summed E-state index contributed by atoms with van der Waals surface area (Å²) in [6.07, 6.45) is 0. The first-order valence-electron chi connectivity index (χ1n) is 7.81. The molecule has 9 nitrogen and oxygen atoms in total. The van der Waals surface area contributed by atoms with Gasteiger partial charge in [-0.3, -0.25) is 14.9 Å². The van der Waals surface area contributed by atoms with Crippen LogP contribution in [-0.2, 0) is 4.79 Å². The second-order valence-corrected chi connectivity index (χ2v) is 6.69. The summed E-state index contributed by atoms with van der Waals surface area (Å²) in [5.41, 5.74) is 0.500. The first-order valence-corrected chi connectivity index (χ1v) is 9.17. The number of para-hydroxylation sites is 1. The Kier molecular flexibility index (Phi) is 6.12. The molecule has 1 aromatic heterocycles. The number of ether oxygens (including phenoxy) is 1. The summed E-state index contributed by atoms with van der Waals surface area (Å²) in [6, 6.07) is 10.9. The van der Waals surface area contributed by atoms with Crippen LogP contribution in [-0.4, -0.2) is 33.9 Å². The van der Waals surface area contributed by atoms with E-state index >= 15 is 0 Å². The van der Waals surface area contributed by atoms with Crippen molar-refractivity contribution in [2.24, 2.45) is 0 Å². The maximum absolute atomic E-state index is 12.2. The van der Waals surface area contributed by atoms with Gasteiger partial charge in [-0.2, -0.15) is 0 Å². The zero-order valence-electron chi connectivity index (χ0n) is 14.4. The van der Waals surface area contributed by atoms with E-state index in [0.717, 1.165) is 11.8 Å². The molecule has 1 N–H and O–H groups in total. The lowest BCUT2D eigenvalue weighted by Crippen LogP contribution is -2.14. The van der Waals surface area contributed by atoms with Gasteiger partial charge in [0.25, 0.3) is 16.8 Å². The lowest BCUT2D eigenvalue weighted by atomic mass is 10.2. The highest BCUT2D eigenvalue weighted by atomic mass is 35.5. The van der Waals surface area contributed by atoms with Crippen molar-refractivity contribution >= 4 is 40.6 Å². The molecule has 0 spiro atoms. The number of rotatable bonds is 7. The molecule has 1 heterocycles. The predicted octanol–water partition coefficient (Wildman–Crippen LogP) is 4.04. The van der Waals surface area contributed by atoms with Gasteiger partial charge in [-0.05, 0) is 24.3 Å². The molecule has 0 fully saturated rings. The number of amides is 1. The van der Waals surface area contributed by atoms with Crippen molar-refractivity contribution in [1.29, 1.82) is 0 Å². The molecule has 0 aliphatic carbocycles. The molecular formula is C17H13ClN4O5S. The molecule has 144 valence electrons. The number of thioether (sulfide) groups is 1. The number of nitrogens with zero attached hydrogens (tertiary/aromatic N) is 3. The summed E-state index contributed by atoms with van der Waals surface area (Å²) in [7, 11) is 1.48. The van der Waals surface area contributed by atoms with Crippen LogP contribution in [0.25, 0.3) is 11.5 Å². The Morgan fingerprint density at radius 3 is 2.86 bits per heavy atom. The van der Waals surface area contributed by atoms with Crippen molar-refractivity contribution in [3.05, 3.63) is 57.6 Å². The van der Waals surface area contributed by atoms with E-state index in [1.54, 1.807) is 30.3 Å². The number of benzene rings is 2. The highest BCUT2D eigenvalue weighted by Gasteiger charge is 2.20. The minimum Gasteiger partial charge on any atom is -0.495 e. The maximum Gasteiger partial charge on any atom is 0.282 e. The number of nitro groups is 1. The van der Waals surface area contributed by atoms with Gasteiger partial charge >= 0.3 is 0 Å². The molecule has 0 bridgehead atoms.